The van der Waals surface area contributed by atoms with E-state index in [1.807, 2.05) is 0 Å². The Kier molecular flexibility index (Phi) is 5.61. The number of hydrogen-bond acceptors (Lipinski definition) is 7. The SMILES string of the molecule is Nc1ccc(Sc2ccc(-c3ccc(S(=O)(=O)O)cc3)cc2S(=O)(=O)O)cc1N. The van der Waals surface area contributed by atoms with E-state index in [0.29, 0.717) is 27.4 Å². The molecule has 0 fully saturated rings. The first kappa shape index (κ1) is 21.1. The quantitative estimate of drug-likeness (QED) is 0.336. The molecule has 11 heteroatoms. The Morgan fingerprint density at radius 1 is 0.690 bits per heavy atom. The molecule has 0 heterocycles. The summed E-state index contributed by atoms with van der Waals surface area (Å²) in [5.41, 5.74) is 13.1. The highest BCUT2D eigenvalue weighted by atomic mass is 32.2. The average Bonchev–Trinajstić information content (AvgIpc) is 2.63. The Morgan fingerprint density at radius 3 is 1.86 bits per heavy atom. The van der Waals surface area contributed by atoms with Gasteiger partial charge in [0.25, 0.3) is 20.2 Å². The lowest BCUT2D eigenvalue weighted by atomic mass is 10.1. The molecule has 3 rings (SSSR count). The standard InChI is InChI=1S/C18H16N2O6S3/c19-15-7-4-13(10-16(15)20)27-17-8-3-12(9-18(17)29(24,25)26)11-1-5-14(6-2-11)28(21,22)23/h1-10H,19-20H2,(H,21,22,23)(H,24,25,26). The second-order valence-electron chi connectivity index (χ2n) is 6.03. The van der Waals surface area contributed by atoms with Gasteiger partial charge in [-0.2, -0.15) is 16.8 Å². The number of benzene rings is 3. The third kappa shape index (κ3) is 4.89. The fraction of sp³-hybridized carbons (Fsp3) is 0. The fourth-order valence-electron chi connectivity index (χ4n) is 2.54. The summed E-state index contributed by atoms with van der Waals surface area (Å²) in [5.74, 6) is 0. The van der Waals surface area contributed by atoms with Crippen LogP contribution in [0.4, 0.5) is 11.4 Å². The van der Waals surface area contributed by atoms with Crippen LogP contribution in [0.5, 0.6) is 0 Å². The van der Waals surface area contributed by atoms with E-state index in [4.69, 9.17) is 16.0 Å². The minimum atomic E-state index is -4.55. The van der Waals surface area contributed by atoms with Crippen LogP contribution in [0.1, 0.15) is 0 Å². The summed E-state index contributed by atoms with van der Waals surface area (Å²) in [7, 11) is -8.89. The van der Waals surface area contributed by atoms with Crippen molar-refractivity contribution in [1.82, 2.24) is 0 Å². The zero-order chi connectivity index (χ0) is 21.4. The normalized spacial score (nSPS) is 12.1. The minimum Gasteiger partial charge on any atom is -0.397 e. The van der Waals surface area contributed by atoms with E-state index < -0.39 is 20.2 Å². The third-order valence-electron chi connectivity index (χ3n) is 3.99. The molecule has 0 spiro atoms. The van der Waals surface area contributed by atoms with Gasteiger partial charge in [0.2, 0.25) is 0 Å². The van der Waals surface area contributed by atoms with Crippen LogP contribution >= 0.6 is 11.8 Å². The third-order valence-corrected chi connectivity index (χ3v) is 6.95. The molecule has 152 valence electrons. The predicted molar refractivity (Wildman–Crippen MR) is 111 cm³/mol. The van der Waals surface area contributed by atoms with Crippen molar-refractivity contribution in [2.75, 3.05) is 11.5 Å². The molecule has 0 aliphatic rings. The van der Waals surface area contributed by atoms with Crippen LogP contribution in [0.25, 0.3) is 11.1 Å². The van der Waals surface area contributed by atoms with E-state index in [0.717, 1.165) is 11.8 Å². The zero-order valence-electron chi connectivity index (χ0n) is 14.7. The Bertz CT molecular complexity index is 1290. The molecule has 0 radical (unpaired) electrons. The van der Waals surface area contributed by atoms with Crippen molar-refractivity contribution in [3.8, 4) is 11.1 Å². The van der Waals surface area contributed by atoms with Crippen molar-refractivity contribution in [2.45, 2.75) is 19.6 Å². The largest absolute Gasteiger partial charge is 0.397 e. The van der Waals surface area contributed by atoms with Crippen LogP contribution in [0.15, 0.2) is 80.2 Å². The van der Waals surface area contributed by atoms with Gasteiger partial charge in [0.05, 0.1) is 16.3 Å². The minimum absolute atomic E-state index is 0.273. The van der Waals surface area contributed by atoms with Gasteiger partial charge in [-0.3, -0.25) is 9.11 Å². The molecule has 0 aliphatic heterocycles. The predicted octanol–water partition coefficient (Wildman–Crippen LogP) is 3.16. The molecule has 3 aromatic rings. The van der Waals surface area contributed by atoms with E-state index in [2.05, 4.69) is 0 Å². The smallest absolute Gasteiger partial charge is 0.295 e. The van der Waals surface area contributed by atoms with Crippen LogP contribution in [0.3, 0.4) is 0 Å². The monoisotopic (exact) mass is 452 g/mol. The van der Waals surface area contributed by atoms with Gasteiger partial charge in [-0.15, -0.1) is 0 Å². The summed E-state index contributed by atoms with van der Waals surface area (Å²) in [6.45, 7) is 0. The second-order valence-corrected chi connectivity index (χ2v) is 9.96. The molecule has 0 saturated heterocycles. The van der Waals surface area contributed by atoms with Crippen molar-refractivity contribution in [1.29, 1.82) is 0 Å². The lowest BCUT2D eigenvalue weighted by molar-refractivity contribution is 0.479. The summed E-state index contributed by atoms with van der Waals surface area (Å²) in [6, 6.07) is 14.5. The first-order valence-electron chi connectivity index (χ1n) is 7.97. The zero-order valence-corrected chi connectivity index (χ0v) is 17.1. The lowest BCUT2D eigenvalue weighted by Gasteiger charge is -2.11. The first-order chi connectivity index (χ1) is 13.4. The lowest BCUT2D eigenvalue weighted by Crippen LogP contribution is -2.01. The average molecular weight is 453 g/mol. The maximum absolute atomic E-state index is 11.9. The van der Waals surface area contributed by atoms with E-state index >= 15 is 0 Å². The van der Waals surface area contributed by atoms with E-state index in [9.17, 15) is 21.4 Å². The molecular weight excluding hydrogens is 436 g/mol. The van der Waals surface area contributed by atoms with E-state index in [1.165, 1.54) is 36.4 Å². The van der Waals surface area contributed by atoms with Crippen molar-refractivity contribution < 1.29 is 25.9 Å². The molecule has 3 aromatic carbocycles. The van der Waals surface area contributed by atoms with Crippen molar-refractivity contribution in [2.24, 2.45) is 0 Å². The number of nitrogens with two attached hydrogens (primary N) is 2. The number of hydrogen-bond donors (Lipinski definition) is 4. The molecule has 0 bridgehead atoms. The summed E-state index contributed by atoms with van der Waals surface area (Å²) in [5, 5.41) is 0. The summed E-state index contributed by atoms with van der Waals surface area (Å²) in [6.07, 6.45) is 0. The topological polar surface area (TPSA) is 161 Å². The van der Waals surface area contributed by atoms with Gasteiger partial charge in [0.1, 0.15) is 4.90 Å². The molecule has 0 unspecified atom stereocenters. The molecule has 0 aliphatic carbocycles. The molecule has 29 heavy (non-hydrogen) atoms. The van der Waals surface area contributed by atoms with E-state index in [-0.39, 0.29) is 14.7 Å². The van der Waals surface area contributed by atoms with Gasteiger partial charge in [-0.05, 0) is 53.6 Å². The molecular formula is C18H16N2O6S3. The van der Waals surface area contributed by atoms with Gasteiger partial charge in [-0.25, -0.2) is 0 Å². The van der Waals surface area contributed by atoms with Gasteiger partial charge in [-0.1, -0.05) is 30.0 Å². The number of rotatable bonds is 5. The first-order valence-corrected chi connectivity index (χ1v) is 11.7. The molecule has 0 amide bonds. The molecule has 8 nitrogen and oxygen atoms in total. The molecule has 0 aromatic heterocycles. The Hall–Kier alpha value is -2.57. The summed E-state index contributed by atoms with van der Waals surface area (Å²) >= 11 is 1.09. The fourth-order valence-corrected chi connectivity index (χ4v) is 4.93. The van der Waals surface area contributed by atoms with Crippen LogP contribution < -0.4 is 11.5 Å². The van der Waals surface area contributed by atoms with Gasteiger partial charge in [0.15, 0.2) is 0 Å². The van der Waals surface area contributed by atoms with Gasteiger partial charge >= 0.3 is 0 Å². The van der Waals surface area contributed by atoms with Gasteiger partial charge < -0.3 is 11.5 Å². The van der Waals surface area contributed by atoms with Crippen LogP contribution in [-0.4, -0.2) is 25.9 Å². The Balaban J connectivity index is 2.03. The maximum atomic E-state index is 11.9. The molecule has 0 saturated carbocycles. The van der Waals surface area contributed by atoms with Gasteiger partial charge in [0, 0.05) is 9.79 Å². The number of anilines is 2. The van der Waals surface area contributed by atoms with Crippen molar-refractivity contribution in [3.05, 3.63) is 60.7 Å². The maximum Gasteiger partial charge on any atom is 0.295 e. The van der Waals surface area contributed by atoms with Crippen LogP contribution in [0.2, 0.25) is 0 Å². The summed E-state index contributed by atoms with van der Waals surface area (Å²) < 4.78 is 64.9. The Morgan fingerprint density at radius 2 is 1.31 bits per heavy atom. The highest BCUT2D eigenvalue weighted by Gasteiger charge is 2.18. The van der Waals surface area contributed by atoms with Crippen molar-refractivity contribution >= 4 is 43.4 Å². The Labute approximate surface area is 172 Å². The van der Waals surface area contributed by atoms with Crippen molar-refractivity contribution in [3.63, 3.8) is 0 Å². The highest BCUT2D eigenvalue weighted by molar-refractivity contribution is 8.00. The molecule has 0 atom stereocenters. The van der Waals surface area contributed by atoms with Crippen LogP contribution in [-0.2, 0) is 20.2 Å². The summed E-state index contributed by atoms with van der Waals surface area (Å²) in [4.78, 5) is 0.306. The van der Waals surface area contributed by atoms with E-state index in [1.54, 1.807) is 24.3 Å². The number of nitrogen functional groups attached to an aromatic ring is 2. The molecule has 6 N–H and O–H groups in total. The highest BCUT2D eigenvalue weighted by Crippen LogP contribution is 2.37. The van der Waals surface area contributed by atoms with Crippen LogP contribution in [0, 0.1) is 0 Å². The second kappa shape index (κ2) is 7.69.